The van der Waals surface area contributed by atoms with Gasteiger partial charge >= 0.3 is 5.97 Å². The molecule has 186 valence electrons. The second-order valence-corrected chi connectivity index (χ2v) is 12.2. The molecular formula is C22H28ClN3O6S2. The molecule has 1 aromatic heterocycles. The molecule has 12 heteroatoms. The molecular weight excluding hydrogens is 502 g/mol. The van der Waals surface area contributed by atoms with Gasteiger partial charge in [0.1, 0.15) is 18.1 Å². The second-order valence-electron chi connectivity index (χ2n) is 8.67. The molecule has 2 unspecified atom stereocenters. The minimum atomic E-state index is -4.02. The van der Waals surface area contributed by atoms with E-state index in [0.29, 0.717) is 40.2 Å². The zero-order valence-corrected chi connectivity index (χ0v) is 21.7. The highest BCUT2D eigenvalue weighted by atomic mass is 35.5. The number of sulfone groups is 1. The van der Waals surface area contributed by atoms with E-state index < -0.39 is 39.1 Å². The summed E-state index contributed by atoms with van der Waals surface area (Å²) in [6.45, 7) is 6.75. The van der Waals surface area contributed by atoms with Crippen LogP contribution in [0, 0.1) is 11.8 Å². The van der Waals surface area contributed by atoms with Crippen molar-refractivity contribution in [2.45, 2.75) is 33.7 Å². The highest BCUT2D eigenvalue weighted by molar-refractivity contribution is 7.92. The van der Waals surface area contributed by atoms with Crippen molar-refractivity contribution in [2.75, 3.05) is 31.2 Å². The van der Waals surface area contributed by atoms with Crippen LogP contribution in [0.4, 0.5) is 0 Å². The molecule has 2 atom stereocenters. The van der Waals surface area contributed by atoms with Crippen molar-refractivity contribution in [3.63, 3.8) is 0 Å². The van der Waals surface area contributed by atoms with Crippen LogP contribution in [0.3, 0.4) is 0 Å². The molecule has 1 aromatic carbocycles. The van der Waals surface area contributed by atoms with E-state index in [2.05, 4.69) is 4.99 Å². The zero-order valence-electron chi connectivity index (χ0n) is 19.3. The summed E-state index contributed by atoms with van der Waals surface area (Å²) in [6.07, 6.45) is 0.986. The largest absolute Gasteiger partial charge is 0.465 e. The van der Waals surface area contributed by atoms with E-state index in [4.69, 9.17) is 16.3 Å². The lowest BCUT2D eigenvalue weighted by Gasteiger charge is -2.34. The third-order valence-electron chi connectivity index (χ3n) is 5.37. The van der Waals surface area contributed by atoms with E-state index in [1.165, 1.54) is 4.57 Å². The smallest absolute Gasteiger partial charge is 0.326 e. The molecule has 3 rings (SSSR count). The summed E-state index contributed by atoms with van der Waals surface area (Å²) >= 11 is 7.15. The molecule has 0 spiro atoms. The normalized spacial score (nSPS) is 19.4. The topological polar surface area (TPSA) is 115 Å². The predicted molar refractivity (Wildman–Crippen MR) is 130 cm³/mol. The molecule has 2 heterocycles. The van der Waals surface area contributed by atoms with Gasteiger partial charge in [0.15, 0.2) is 14.6 Å². The highest BCUT2D eigenvalue weighted by Gasteiger charge is 2.29. The van der Waals surface area contributed by atoms with E-state index in [9.17, 15) is 22.8 Å². The van der Waals surface area contributed by atoms with Gasteiger partial charge in [-0.2, -0.15) is 4.99 Å². The molecule has 0 saturated carbocycles. The summed E-state index contributed by atoms with van der Waals surface area (Å²) in [7, 11) is -4.02. The Morgan fingerprint density at radius 2 is 1.85 bits per heavy atom. The lowest BCUT2D eigenvalue weighted by Crippen LogP contribution is -2.45. The lowest BCUT2D eigenvalue weighted by atomic mass is 9.92. The predicted octanol–water partition coefficient (Wildman–Crippen LogP) is 2.27. The number of ether oxygens (including phenoxy) is 1. The number of likely N-dealkylation sites (tertiary alicyclic amines) is 1. The summed E-state index contributed by atoms with van der Waals surface area (Å²) in [5.74, 6) is -2.98. The first-order chi connectivity index (χ1) is 16.0. The van der Waals surface area contributed by atoms with E-state index >= 15 is 0 Å². The molecule has 1 saturated heterocycles. The molecule has 1 aliphatic heterocycles. The van der Waals surface area contributed by atoms with E-state index in [-0.39, 0.29) is 18.0 Å². The number of halogens is 1. The van der Waals surface area contributed by atoms with Crippen molar-refractivity contribution in [1.29, 1.82) is 0 Å². The first kappa shape index (κ1) is 26.4. The number of piperidine rings is 1. The number of carbonyl (C=O) groups is 3. The first-order valence-corrected chi connectivity index (χ1v) is 14.0. The number of hydrogen-bond acceptors (Lipinski definition) is 7. The van der Waals surface area contributed by atoms with Crippen LogP contribution in [-0.2, 0) is 35.5 Å². The van der Waals surface area contributed by atoms with Crippen molar-refractivity contribution in [1.82, 2.24) is 9.47 Å². The Morgan fingerprint density at radius 1 is 1.18 bits per heavy atom. The minimum absolute atomic E-state index is 0.149. The van der Waals surface area contributed by atoms with Gasteiger partial charge in [-0.05, 0) is 43.4 Å². The maximum Gasteiger partial charge on any atom is 0.326 e. The Bertz CT molecular complexity index is 1260. The van der Waals surface area contributed by atoms with Crippen LogP contribution in [0.5, 0.6) is 0 Å². The van der Waals surface area contributed by atoms with Gasteiger partial charge in [-0.25, -0.2) is 8.42 Å². The molecule has 34 heavy (non-hydrogen) atoms. The molecule has 0 bridgehead atoms. The number of carbonyl (C=O) groups excluding carboxylic acids is 3. The zero-order chi connectivity index (χ0) is 25.0. The third kappa shape index (κ3) is 6.89. The Hall–Kier alpha value is -2.24. The fourth-order valence-corrected chi connectivity index (χ4v) is 6.57. The van der Waals surface area contributed by atoms with E-state index in [1.807, 2.05) is 13.8 Å². The summed E-state index contributed by atoms with van der Waals surface area (Å²) in [5.41, 5.74) is 0.611. The maximum absolute atomic E-state index is 12.6. The molecule has 0 radical (unpaired) electrons. The Morgan fingerprint density at radius 3 is 2.50 bits per heavy atom. The number of aromatic nitrogens is 1. The van der Waals surface area contributed by atoms with E-state index in [1.54, 1.807) is 30.0 Å². The van der Waals surface area contributed by atoms with Gasteiger partial charge in [-0.3, -0.25) is 14.4 Å². The van der Waals surface area contributed by atoms with Crippen LogP contribution < -0.4 is 4.80 Å². The Balaban J connectivity index is 1.81. The number of amides is 2. The van der Waals surface area contributed by atoms with Crippen LogP contribution in [0.2, 0.25) is 5.02 Å². The number of benzene rings is 1. The molecule has 0 N–H and O–H groups in total. The standard InChI is InChI=1S/C22H28ClN3O6S2/c1-4-32-21(29)11-26-17-6-5-16(23)8-18(17)33-22(26)24-19(27)12-34(30,31)13-20(28)25-9-14(2)7-15(3)10-25/h5-6,8,14-15H,4,7,9-13H2,1-3H3. The highest BCUT2D eigenvalue weighted by Crippen LogP contribution is 2.23. The van der Waals surface area contributed by atoms with Gasteiger partial charge < -0.3 is 14.2 Å². The first-order valence-electron chi connectivity index (χ1n) is 11.0. The van der Waals surface area contributed by atoms with Gasteiger partial charge in [0.25, 0.3) is 5.91 Å². The van der Waals surface area contributed by atoms with Crippen LogP contribution in [0.1, 0.15) is 27.2 Å². The quantitative estimate of drug-likeness (QED) is 0.508. The molecule has 2 aromatic rings. The molecule has 1 aliphatic rings. The van der Waals surface area contributed by atoms with Crippen LogP contribution >= 0.6 is 22.9 Å². The average molecular weight is 530 g/mol. The number of rotatable bonds is 7. The monoisotopic (exact) mass is 529 g/mol. The van der Waals surface area contributed by atoms with Crippen LogP contribution in [-0.4, -0.2) is 66.9 Å². The number of thiazole rings is 1. The molecule has 2 amide bonds. The molecule has 1 fully saturated rings. The fraction of sp³-hybridized carbons (Fsp3) is 0.545. The molecule has 0 aliphatic carbocycles. The number of hydrogen-bond donors (Lipinski definition) is 0. The molecule has 9 nitrogen and oxygen atoms in total. The lowest BCUT2D eigenvalue weighted by molar-refractivity contribution is -0.143. The summed E-state index contributed by atoms with van der Waals surface area (Å²) < 4.78 is 32.3. The van der Waals surface area contributed by atoms with E-state index in [0.717, 1.165) is 17.8 Å². The van der Waals surface area contributed by atoms with Crippen molar-refractivity contribution >= 4 is 60.8 Å². The van der Waals surface area contributed by atoms with Gasteiger partial charge in [-0.15, -0.1) is 0 Å². The van der Waals surface area contributed by atoms with Crippen molar-refractivity contribution in [3.8, 4) is 0 Å². The number of fused-ring (bicyclic) bond motifs is 1. The van der Waals surface area contributed by atoms with Crippen molar-refractivity contribution in [2.24, 2.45) is 16.8 Å². The van der Waals surface area contributed by atoms with Gasteiger partial charge in [-0.1, -0.05) is 36.8 Å². The average Bonchev–Trinajstić information content (AvgIpc) is 3.02. The summed E-state index contributed by atoms with van der Waals surface area (Å²) in [5, 5.41) is 0.470. The fourth-order valence-electron chi connectivity index (χ4n) is 4.14. The van der Waals surface area contributed by atoms with Gasteiger partial charge in [0.05, 0.1) is 16.8 Å². The van der Waals surface area contributed by atoms with Crippen LogP contribution in [0.15, 0.2) is 23.2 Å². The van der Waals surface area contributed by atoms with Gasteiger partial charge in [0.2, 0.25) is 5.91 Å². The van der Waals surface area contributed by atoms with Gasteiger partial charge in [0, 0.05) is 18.1 Å². The summed E-state index contributed by atoms with van der Waals surface area (Å²) in [6, 6.07) is 5.00. The Kier molecular flexibility index (Phi) is 8.53. The van der Waals surface area contributed by atoms with Crippen molar-refractivity contribution in [3.05, 3.63) is 28.0 Å². The Labute approximate surface area is 207 Å². The van der Waals surface area contributed by atoms with Crippen LogP contribution in [0.25, 0.3) is 10.2 Å². The minimum Gasteiger partial charge on any atom is -0.465 e. The number of esters is 1. The SMILES string of the molecule is CCOC(=O)Cn1c(=NC(=O)CS(=O)(=O)CC(=O)N2CC(C)CC(C)C2)sc2cc(Cl)ccc21. The summed E-state index contributed by atoms with van der Waals surface area (Å²) in [4.78, 5) is 42.9. The maximum atomic E-state index is 12.6. The third-order valence-corrected chi connectivity index (χ3v) is 8.02. The second kappa shape index (κ2) is 11.0. The van der Waals surface area contributed by atoms with Crippen molar-refractivity contribution < 1.29 is 27.5 Å². The number of nitrogens with zero attached hydrogens (tertiary/aromatic N) is 3.